The van der Waals surface area contributed by atoms with E-state index in [2.05, 4.69) is 4.99 Å². The van der Waals surface area contributed by atoms with Crippen LogP contribution in [-0.4, -0.2) is 12.0 Å². The maximum atomic E-state index is 12.0. The van der Waals surface area contributed by atoms with Crippen LogP contribution < -0.4 is 0 Å². The smallest absolute Gasteiger partial charge is 0.183 e. The Labute approximate surface area is 95.7 Å². The molecule has 2 heteroatoms. The van der Waals surface area contributed by atoms with Crippen LogP contribution in [-0.2, 0) is 4.79 Å². The summed E-state index contributed by atoms with van der Waals surface area (Å²) in [6, 6.07) is 10.00. The number of carbonyl (C=O) groups is 1. The number of aliphatic imine (C=N–C) groups is 1. The van der Waals surface area contributed by atoms with Crippen LogP contribution >= 0.6 is 0 Å². The van der Waals surface area contributed by atoms with Crippen LogP contribution in [0.1, 0.15) is 25.8 Å². The van der Waals surface area contributed by atoms with Crippen molar-refractivity contribution in [2.45, 2.75) is 20.3 Å². The fourth-order valence-electron chi connectivity index (χ4n) is 1.78. The normalized spacial score (nSPS) is 14.9. The lowest BCUT2D eigenvalue weighted by molar-refractivity contribution is -0.118. The molecule has 0 N–H and O–H groups in total. The average molecular weight is 213 g/mol. The maximum absolute atomic E-state index is 12.0. The molecule has 0 saturated heterocycles. The molecule has 2 nitrogen and oxygen atoms in total. The van der Waals surface area contributed by atoms with Gasteiger partial charge in [-0.1, -0.05) is 44.2 Å². The van der Waals surface area contributed by atoms with E-state index < -0.39 is 0 Å². The van der Waals surface area contributed by atoms with Crippen molar-refractivity contribution < 1.29 is 4.79 Å². The van der Waals surface area contributed by atoms with Crippen LogP contribution in [0.4, 0.5) is 0 Å². The number of carbonyl (C=O) groups excluding carboxylic acids is 1. The van der Waals surface area contributed by atoms with Gasteiger partial charge >= 0.3 is 0 Å². The van der Waals surface area contributed by atoms with Crippen LogP contribution in [0, 0.1) is 5.92 Å². The van der Waals surface area contributed by atoms with Gasteiger partial charge in [-0.2, -0.15) is 0 Å². The molecule has 0 spiro atoms. The third-order valence-electron chi connectivity index (χ3n) is 2.68. The Bertz CT molecular complexity index is 455. The first-order valence-corrected chi connectivity index (χ1v) is 5.55. The third kappa shape index (κ3) is 1.96. The first-order valence-electron chi connectivity index (χ1n) is 5.55. The molecule has 82 valence electrons. The van der Waals surface area contributed by atoms with E-state index in [1.54, 1.807) is 0 Å². The van der Waals surface area contributed by atoms with Gasteiger partial charge in [0.15, 0.2) is 5.78 Å². The molecule has 1 aromatic rings. The van der Waals surface area contributed by atoms with Gasteiger partial charge in [0.1, 0.15) is 5.70 Å². The number of hydrogen-bond donors (Lipinski definition) is 0. The van der Waals surface area contributed by atoms with Crippen LogP contribution in [0.5, 0.6) is 0 Å². The first-order chi connectivity index (χ1) is 7.70. The highest BCUT2D eigenvalue weighted by molar-refractivity contribution is 6.08. The van der Waals surface area contributed by atoms with Crippen molar-refractivity contribution in [2.75, 3.05) is 0 Å². The fourth-order valence-corrected chi connectivity index (χ4v) is 1.78. The van der Waals surface area contributed by atoms with E-state index >= 15 is 0 Å². The lowest BCUT2D eigenvalue weighted by Crippen LogP contribution is -2.09. The standard InChI is InChI=1S/C14H15NO/c1-10(2)14(16)13-12(8-9-15-13)11-6-4-3-5-7-11/h3-7,9-10H,8H2,1-2H3. The molecule has 1 heterocycles. The Hall–Kier alpha value is -1.70. The molecule has 16 heavy (non-hydrogen) atoms. The van der Waals surface area contributed by atoms with E-state index in [4.69, 9.17) is 0 Å². The van der Waals surface area contributed by atoms with E-state index in [9.17, 15) is 4.79 Å². The van der Waals surface area contributed by atoms with Crippen molar-refractivity contribution in [2.24, 2.45) is 10.9 Å². The summed E-state index contributed by atoms with van der Waals surface area (Å²) in [5.74, 6) is 0.136. The Morgan fingerprint density at radius 3 is 2.56 bits per heavy atom. The molecule has 0 aliphatic carbocycles. The lowest BCUT2D eigenvalue weighted by Gasteiger charge is -2.07. The zero-order valence-electron chi connectivity index (χ0n) is 9.60. The summed E-state index contributed by atoms with van der Waals surface area (Å²) in [6.07, 6.45) is 2.58. The van der Waals surface area contributed by atoms with Crippen LogP contribution in [0.25, 0.3) is 5.57 Å². The zero-order valence-corrected chi connectivity index (χ0v) is 9.60. The zero-order chi connectivity index (χ0) is 11.5. The Morgan fingerprint density at radius 2 is 1.94 bits per heavy atom. The predicted octanol–water partition coefficient (Wildman–Crippen LogP) is 3.10. The quantitative estimate of drug-likeness (QED) is 0.758. The van der Waals surface area contributed by atoms with Gasteiger partial charge in [0.25, 0.3) is 0 Å². The molecular weight excluding hydrogens is 198 g/mol. The van der Waals surface area contributed by atoms with E-state index in [1.807, 2.05) is 50.4 Å². The average Bonchev–Trinajstić information content (AvgIpc) is 2.77. The van der Waals surface area contributed by atoms with Crippen LogP contribution in [0.2, 0.25) is 0 Å². The summed E-state index contributed by atoms with van der Waals surface area (Å²) in [4.78, 5) is 16.2. The molecule has 0 unspecified atom stereocenters. The van der Waals surface area contributed by atoms with E-state index in [-0.39, 0.29) is 11.7 Å². The van der Waals surface area contributed by atoms with E-state index in [0.717, 1.165) is 17.6 Å². The maximum Gasteiger partial charge on any atom is 0.183 e. The summed E-state index contributed by atoms with van der Waals surface area (Å²) >= 11 is 0. The number of Topliss-reactive ketones (excluding diaryl/α,β-unsaturated/α-hetero) is 1. The molecule has 0 amide bonds. The number of nitrogens with zero attached hydrogens (tertiary/aromatic N) is 1. The van der Waals surface area contributed by atoms with Crippen molar-refractivity contribution in [3.05, 3.63) is 41.6 Å². The Kier molecular flexibility index (Phi) is 3.00. The Balaban J connectivity index is 2.41. The fraction of sp³-hybridized carbons (Fsp3) is 0.286. The molecule has 1 aromatic carbocycles. The highest BCUT2D eigenvalue weighted by atomic mass is 16.1. The van der Waals surface area contributed by atoms with Crippen molar-refractivity contribution in [3.8, 4) is 0 Å². The largest absolute Gasteiger partial charge is 0.292 e. The van der Waals surface area contributed by atoms with Gasteiger partial charge in [0.2, 0.25) is 0 Å². The van der Waals surface area contributed by atoms with Crippen LogP contribution in [0.15, 0.2) is 41.0 Å². The van der Waals surface area contributed by atoms with Crippen molar-refractivity contribution >= 4 is 17.6 Å². The second-order valence-electron chi connectivity index (χ2n) is 4.23. The molecule has 0 radical (unpaired) electrons. The van der Waals surface area contributed by atoms with Gasteiger partial charge in [0.05, 0.1) is 0 Å². The number of ketones is 1. The summed E-state index contributed by atoms with van der Waals surface area (Å²) in [5, 5.41) is 0. The molecule has 1 aliphatic heterocycles. The van der Waals surface area contributed by atoms with Gasteiger partial charge in [-0.15, -0.1) is 0 Å². The van der Waals surface area contributed by atoms with Gasteiger partial charge in [-0.05, 0) is 11.1 Å². The van der Waals surface area contributed by atoms with E-state index in [1.165, 1.54) is 0 Å². The number of allylic oxidation sites excluding steroid dienone is 2. The van der Waals surface area contributed by atoms with E-state index in [0.29, 0.717) is 5.70 Å². The first kappa shape index (κ1) is 10.8. The Morgan fingerprint density at radius 1 is 1.25 bits per heavy atom. The van der Waals surface area contributed by atoms with Gasteiger partial charge < -0.3 is 0 Å². The molecule has 0 atom stereocenters. The second-order valence-corrected chi connectivity index (χ2v) is 4.23. The molecule has 0 fully saturated rings. The topological polar surface area (TPSA) is 29.4 Å². The predicted molar refractivity (Wildman–Crippen MR) is 66.3 cm³/mol. The monoisotopic (exact) mass is 213 g/mol. The summed E-state index contributed by atoms with van der Waals surface area (Å²) < 4.78 is 0. The summed E-state index contributed by atoms with van der Waals surface area (Å²) in [5.41, 5.74) is 2.80. The minimum atomic E-state index is 0.00367. The number of hydrogen-bond acceptors (Lipinski definition) is 2. The lowest BCUT2D eigenvalue weighted by atomic mass is 9.97. The molecular formula is C14H15NO. The highest BCUT2D eigenvalue weighted by Crippen LogP contribution is 2.28. The van der Waals surface area contributed by atoms with Crippen molar-refractivity contribution in [1.29, 1.82) is 0 Å². The highest BCUT2D eigenvalue weighted by Gasteiger charge is 2.21. The third-order valence-corrected chi connectivity index (χ3v) is 2.68. The second kappa shape index (κ2) is 4.44. The molecule has 0 aromatic heterocycles. The number of rotatable bonds is 3. The minimum Gasteiger partial charge on any atom is -0.292 e. The minimum absolute atomic E-state index is 0.00367. The van der Waals surface area contributed by atoms with Crippen molar-refractivity contribution in [3.63, 3.8) is 0 Å². The van der Waals surface area contributed by atoms with Gasteiger partial charge in [0, 0.05) is 18.6 Å². The summed E-state index contributed by atoms with van der Waals surface area (Å²) in [6.45, 7) is 3.82. The summed E-state index contributed by atoms with van der Waals surface area (Å²) in [7, 11) is 0. The van der Waals surface area contributed by atoms with Gasteiger partial charge in [-0.25, -0.2) is 0 Å². The van der Waals surface area contributed by atoms with Crippen LogP contribution in [0.3, 0.4) is 0 Å². The molecule has 0 saturated carbocycles. The van der Waals surface area contributed by atoms with Crippen molar-refractivity contribution in [1.82, 2.24) is 0 Å². The molecule has 0 bridgehead atoms. The van der Waals surface area contributed by atoms with Gasteiger partial charge in [-0.3, -0.25) is 9.79 Å². The molecule has 2 rings (SSSR count). The number of benzene rings is 1. The SMILES string of the molecule is CC(C)C(=O)C1=C(c2ccccc2)CC=N1. The molecule has 1 aliphatic rings.